The maximum absolute atomic E-state index is 13.3. The van der Waals surface area contributed by atoms with Crippen molar-refractivity contribution in [2.24, 2.45) is 5.92 Å². The van der Waals surface area contributed by atoms with Crippen molar-refractivity contribution >= 4 is 5.97 Å². The number of halogens is 2. The molecule has 1 aromatic heterocycles. The van der Waals surface area contributed by atoms with E-state index < -0.39 is 30.3 Å². The van der Waals surface area contributed by atoms with Gasteiger partial charge >= 0.3 is 5.97 Å². The fourth-order valence-corrected chi connectivity index (χ4v) is 2.28. The summed E-state index contributed by atoms with van der Waals surface area (Å²) in [5.41, 5.74) is 0. The highest BCUT2D eigenvalue weighted by molar-refractivity contribution is 5.70. The lowest BCUT2D eigenvalue weighted by molar-refractivity contribution is -0.149. The van der Waals surface area contributed by atoms with Crippen LogP contribution >= 0.6 is 0 Å². The molecule has 1 fully saturated rings. The van der Waals surface area contributed by atoms with Gasteiger partial charge in [-0.1, -0.05) is 0 Å². The minimum Gasteiger partial charge on any atom is -0.481 e. The average Bonchev–Trinajstić information content (AvgIpc) is 2.68. The molecule has 16 heavy (non-hydrogen) atoms. The summed E-state index contributed by atoms with van der Waals surface area (Å²) in [6.07, 6.45) is 2.59. The van der Waals surface area contributed by atoms with Crippen LogP contribution < -0.4 is 0 Å². The van der Waals surface area contributed by atoms with Gasteiger partial charge in [-0.15, -0.1) is 0 Å². The van der Waals surface area contributed by atoms with Gasteiger partial charge in [0, 0.05) is 25.2 Å². The highest BCUT2D eigenvalue weighted by atomic mass is 19.3. The van der Waals surface area contributed by atoms with E-state index >= 15 is 0 Å². The van der Waals surface area contributed by atoms with Crippen LogP contribution in [0.1, 0.15) is 25.3 Å². The van der Waals surface area contributed by atoms with E-state index in [2.05, 4.69) is 0 Å². The predicted molar refractivity (Wildman–Crippen MR) is 53.4 cm³/mol. The molecule has 0 aliphatic heterocycles. The predicted octanol–water partition coefficient (Wildman–Crippen LogP) is 2.55. The topological polar surface area (TPSA) is 42.2 Å². The molecule has 2 rings (SSSR count). The van der Waals surface area contributed by atoms with E-state index in [1.807, 2.05) is 0 Å². The average molecular weight is 229 g/mol. The zero-order valence-electron chi connectivity index (χ0n) is 8.64. The minimum atomic E-state index is -2.75. The number of carboxylic acids is 1. The van der Waals surface area contributed by atoms with E-state index in [-0.39, 0.29) is 12.8 Å². The number of alkyl halides is 2. The van der Waals surface area contributed by atoms with Gasteiger partial charge in [-0.05, 0) is 18.6 Å². The largest absolute Gasteiger partial charge is 0.481 e. The summed E-state index contributed by atoms with van der Waals surface area (Å²) >= 11 is 0. The summed E-state index contributed by atoms with van der Waals surface area (Å²) in [7, 11) is 0. The molecule has 0 aromatic carbocycles. The maximum Gasteiger partial charge on any atom is 0.308 e. The lowest BCUT2D eigenvalue weighted by atomic mass is 9.82. The molecule has 0 radical (unpaired) electrons. The van der Waals surface area contributed by atoms with E-state index in [4.69, 9.17) is 5.11 Å². The van der Waals surface area contributed by atoms with Crippen LogP contribution in [0.4, 0.5) is 8.78 Å². The van der Waals surface area contributed by atoms with E-state index in [1.165, 1.54) is 0 Å². The van der Waals surface area contributed by atoms with Gasteiger partial charge in [0.2, 0.25) is 5.92 Å². The van der Waals surface area contributed by atoms with Crippen molar-refractivity contribution in [3.05, 3.63) is 24.5 Å². The Morgan fingerprint density at radius 2 is 2.00 bits per heavy atom. The summed E-state index contributed by atoms with van der Waals surface area (Å²) in [6, 6.07) is 2.79. The Morgan fingerprint density at radius 1 is 1.38 bits per heavy atom. The molecule has 2 atom stereocenters. The van der Waals surface area contributed by atoms with Crippen LogP contribution in [0.15, 0.2) is 24.5 Å². The summed E-state index contributed by atoms with van der Waals surface area (Å²) in [4.78, 5) is 11.0. The molecule has 88 valence electrons. The Labute approximate surface area is 91.7 Å². The number of rotatable bonds is 2. The minimum absolute atomic E-state index is 0.0329. The van der Waals surface area contributed by atoms with Crippen LogP contribution in [-0.2, 0) is 4.79 Å². The molecule has 0 bridgehead atoms. The van der Waals surface area contributed by atoms with Crippen LogP contribution in [0.5, 0.6) is 0 Å². The molecule has 0 amide bonds. The molecule has 1 saturated carbocycles. The Bertz CT molecular complexity index is 375. The van der Waals surface area contributed by atoms with Crippen molar-refractivity contribution < 1.29 is 18.7 Å². The van der Waals surface area contributed by atoms with Crippen molar-refractivity contribution in [1.29, 1.82) is 0 Å². The molecule has 5 heteroatoms. The second-order valence-electron chi connectivity index (χ2n) is 4.24. The molecule has 0 spiro atoms. The zero-order valence-corrected chi connectivity index (χ0v) is 8.64. The number of carbonyl (C=O) groups is 1. The van der Waals surface area contributed by atoms with Crippen LogP contribution in [0, 0.1) is 5.92 Å². The van der Waals surface area contributed by atoms with Crippen molar-refractivity contribution in [3.8, 4) is 0 Å². The number of aromatic nitrogens is 1. The number of nitrogens with zero attached hydrogens (tertiary/aromatic N) is 1. The van der Waals surface area contributed by atoms with Crippen LogP contribution in [0.2, 0.25) is 0 Å². The Balaban J connectivity index is 2.25. The maximum atomic E-state index is 13.3. The molecule has 1 aliphatic rings. The highest BCUT2D eigenvalue weighted by Crippen LogP contribution is 2.42. The summed E-state index contributed by atoms with van der Waals surface area (Å²) in [5.74, 6) is -4.46. The van der Waals surface area contributed by atoms with Crippen molar-refractivity contribution in [3.63, 3.8) is 0 Å². The van der Waals surface area contributed by atoms with Gasteiger partial charge < -0.3 is 9.67 Å². The van der Waals surface area contributed by atoms with Crippen molar-refractivity contribution in [2.75, 3.05) is 0 Å². The summed E-state index contributed by atoms with van der Waals surface area (Å²) in [5, 5.41) is 9.02. The molecule has 3 nitrogen and oxygen atoms in total. The van der Waals surface area contributed by atoms with Gasteiger partial charge in [-0.2, -0.15) is 0 Å². The van der Waals surface area contributed by atoms with Gasteiger partial charge in [0.15, 0.2) is 0 Å². The Kier molecular flexibility index (Phi) is 2.69. The fourth-order valence-electron chi connectivity index (χ4n) is 2.28. The van der Waals surface area contributed by atoms with Crippen LogP contribution in [0.25, 0.3) is 0 Å². The van der Waals surface area contributed by atoms with Crippen LogP contribution in [0.3, 0.4) is 0 Å². The van der Waals surface area contributed by atoms with Crippen LogP contribution in [-0.4, -0.2) is 21.6 Å². The van der Waals surface area contributed by atoms with Gasteiger partial charge in [-0.3, -0.25) is 4.79 Å². The number of hydrogen-bond acceptors (Lipinski definition) is 1. The highest BCUT2D eigenvalue weighted by Gasteiger charge is 2.44. The molecule has 1 aromatic rings. The monoisotopic (exact) mass is 229 g/mol. The molecule has 0 unspecified atom stereocenters. The molecule has 1 N–H and O–H groups in total. The Morgan fingerprint density at radius 3 is 2.56 bits per heavy atom. The van der Waals surface area contributed by atoms with Gasteiger partial charge in [0.25, 0.3) is 0 Å². The first-order chi connectivity index (χ1) is 7.49. The third-order valence-corrected chi connectivity index (χ3v) is 3.12. The number of hydrogen-bond donors (Lipinski definition) is 1. The van der Waals surface area contributed by atoms with Crippen molar-refractivity contribution in [2.45, 2.75) is 31.2 Å². The molecule has 0 saturated heterocycles. The smallest absolute Gasteiger partial charge is 0.308 e. The van der Waals surface area contributed by atoms with E-state index in [0.29, 0.717) is 0 Å². The van der Waals surface area contributed by atoms with Crippen molar-refractivity contribution in [1.82, 2.24) is 4.57 Å². The second kappa shape index (κ2) is 3.88. The number of aliphatic carboxylic acids is 1. The molecule has 1 heterocycles. The molecule has 1 aliphatic carbocycles. The van der Waals surface area contributed by atoms with E-state index in [1.54, 1.807) is 29.1 Å². The van der Waals surface area contributed by atoms with Gasteiger partial charge in [-0.25, -0.2) is 8.78 Å². The third-order valence-electron chi connectivity index (χ3n) is 3.12. The van der Waals surface area contributed by atoms with Gasteiger partial charge in [0.1, 0.15) is 0 Å². The fraction of sp³-hybridized carbons (Fsp3) is 0.545. The summed E-state index contributed by atoms with van der Waals surface area (Å²) < 4.78 is 28.1. The zero-order chi connectivity index (χ0) is 11.8. The SMILES string of the molecule is O=C(O)[C@H]1CCC(F)(F)C[C@@H]1n1cccc1. The summed E-state index contributed by atoms with van der Waals surface area (Å²) in [6.45, 7) is 0. The first-order valence-electron chi connectivity index (χ1n) is 5.23. The lowest BCUT2D eigenvalue weighted by Crippen LogP contribution is -2.37. The van der Waals surface area contributed by atoms with E-state index in [0.717, 1.165) is 0 Å². The quantitative estimate of drug-likeness (QED) is 0.846. The first kappa shape index (κ1) is 11.1. The third kappa shape index (κ3) is 2.08. The normalized spacial score (nSPS) is 28.9. The second-order valence-corrected chi connectivity index (χ2v) is 4.24. The van der Waals surface area contributed by atoms with Gasteiger partial charge in [0.05, 0.1) is 12.0 Å². The standard InChI is InChI=1S/C11H13F2NO2/c12-11(13)4-3-8(10(15)16)9(7-11)14-5-1-2-6-14/h1-2,5-6,8-9H,3-4,7H2,(H,15,16)/t8-,9-/m0/s1. The Hall–Kier alpha value is -1.39. The lowest BCUT2D eigenvalue weighted by Gasteiger charge is -2.34. The molecular formula is C11H13F2NO2. The van der Waals surface area contributed by atoms with E-state index in [9.17, 15) is 13.6 Å². The first-order valence-corrected chi connectivity index (χ1v) is 5.23. The number of carboxylic acid groups (broad SMARTS) is 1. The molecular weight excluding hydrogens is 216 g/mol.